The summed E-state index contributed by atoms with van der Waals surface area (Å²) in [5.74, 6) is 0.138. The van der Waals surface area contributed by atoms with Crippen LogP contribution in [0.1, 0.15) is 67.3 Å². The van der Waals surface area contributed by atoms with E-state index in [4.69, 9.17) is 5.11 Å². The van der Waals surface area contributed by atoms with E-state index in [0.717, 1.165) is 18.5 Å². The standard InChI is InChI=1S/C19H27NO2/c21-19(22)17-10-7-16(8-11-17)14-20-13-3-6-18(20)12-9-15-4-1-2-5-15/h7-8,10-11,15,18H,1-6,9,12-14H2,(H,21,22). The van der Waals surface area contributed by atoms with E-state index in [0.29, 0.717) is 5.56 Å². The summed E-state index contributed by atoms with van der Waals surface area (Å²) >= 11 is 0. The number of likely N-dealkylation sites (tertiary alicyclic amines) is 1. The van der Waals surface area contributed by atoms with Gasteiger partial charge in [0.2, 0.25) is 0 Å². The van der Waals surface area contributed by atoms with Crippen molar-refractivity contribution in [1.82, 2.24) is 4.90 Å². The van der Waals surface area contributed by atoms with E-state index in [9.17, 15) is 4.79 Å². The molecule has 1 unspecified atom stereocenters. The maximum atomic E-state index is 10.9. The van der Waals surface area contributed by atoms with Crippen molar-refractivity contribution in [2.24, 2.45) is 5.92 Å². The Bertz CT molecular complexity index is 491. The molecule has 1 aromatic carbocycles. The molecule has 1 aliphatic heterocycles. The lowest BCUT2D eigenvalue weighted by atomic mass is 9.97. The van der Waals surface area contributed by atoms with Crippen molar-refractivity contribution in [2.45, 2.75) is 64.0 Å². The minimum absolute atomic E-state index is 0.378. The van der Waals surface area contributed by atoms with E-state index in [2.05, 4.69) is 4.90 Å². The number of carboxylic acid groups (broad SMARTS) is 1. The third-order valence-electron chi connectivity index (χ3n) is 5.47. The number of benzene rings is 1. The van der Waals surface area contributed by atoms with Crippen molar-refractivity contribution < 1.29 is 9.90 Å². The van der Waals surface area contributed by atoms with Crippen molar-refractivity contribution >= 4 is 5.97 Å². The average molecular weight is 301 g/mol. The molecule has 0 spiro atoms. The van der Waals surface area contributed by atoms with Gasteiger partial charge < -0.3 is 5.11 Å². The first kappa shape index (κ1) is 15.5. The second-order valence-electron chi connectivity index (χ2n) is 7.00. The number of rotatable bonds is 6. The van der Waals surface area contributed by atoms with Crippen molar-refractivity contribution in [3.8, 4) is 0 Å². The van der Waals surface area contributed by atoms with Crippen LogP contribution in [-0.2, 0) is 6.54 Å². The summed E-state index contributed by atoms with van der Waals surface area (Å²) in [6.45, 7) is 2.16. The molecule has 0 radical (unpaired) electrons. The molecule has 0 bridgehead atoms. The highest BCUT2D eigenvalue weighted by atomic mass is 16.4. The Kier molecular flexibility index (Phi) is 5.14. The van der Waals surface area contributed by atoms with Gasteiger partial charge in [0.05, 0.1) is 5.56 Å². The topological polar surface area (TPSA) is 40.5 Å². The molecule has 1 N–H and O–H groups in total. The van der Waals surface area contributed by atoms with Gasteiger partial charge in [-0.3, -0.25) is 4.90 Å². The fraction of sp³-hybridized carbons (Fsp3) is 0.632. The molecule has 22 heavy (non-hydrogen) atoms. The highest BCUT2D eigenvalue weighted by Crippen LogP contribution is 2.32. The summed E-state index contributed by atoms with van der Waals surface area (Å²) in [6, 6.07) is 8.12. The number of carboxylic acids is 1. The predicted molar refractivity (Wildman–Crippen MR) is 88.0 cm³/mol. The van der Waals surface area contributed by atoms with E-state index in [1.165, 1.54) is 63.5 Å². The Morgan fingerprint density at radius 1 is 1.05 bits per heavy atom. The molecule has 3 nitrogen and oxygen atoms in total. The molecule has 2 fully saturated rings. The van der Waals surface area contributed by atoms with Crippen LogP contribution in [-0.4, -0.2) is 28.6 Å². The van der Waals surface area contributed by atoms with Gasteiger partial charge in [-0.1, -0.05) is 37.8 Å². The Morgan fingerprint density at radius 2 is 1.77 bits per heavy atom. The van der Waals surface area contributed by atoms with Crippen LogP contribution in [0.5, 0.6) is 0 Å². The van der Waals surface area contributed by atoms with E-state index in [1.54, 1.807) is 12.1 Å². The number of aromatic carboxylic acids is 1. The van der Waals surface area contributed by atoms with Gasteiger partial charge in [0.1, 0.15) is 0 Å². The third-order valence-corrected chi connectivity index (χ3v) is 5.47. The Balaban J connectivity index is 1.52. The largest absolute Gasteiger partial charge is 0.478 e. The van der Waals surface area contributed by atoms with Gasteiger partial charge in [0.25, 0.3) is 0 Å². The zero-order chi connectivity index (χ0) is 15.4. The molecule has 3 heteroatoms. The number of hydrogen-bond acceptors (Lipinski definition) is 2. The summed E-state index contributed by atoms with van der Waals surface area (Å²) < 4.78 is 0. The Labute approximate surface area is 133 Å². The monoisotopic (exact) mass is 301 g/mol. The van der Waals surface area contributed by atoms with Crippen LogP contribution >= 0.6 is 0 Å². The van der Waals surface area contributed by atoms with Crippen molar-refractivity contribution in [3.05, 3.63) is 35.4 Å². The fourth-order valence-electron chi connectivity index (χ4n) is 4.14. The summed E-state index contributed by atoms with van der Waals surface area (Å²) in [5, 5.41) is 8.97. The number of carbonyl (C=O) groups is 1. The van der Waals surface area contributed by atoms with Gasteiger partial charge in [-0.25, -0.2) is 4.79 Å². The fourth-order valence-corrected chi connectivity index (χ4v) is 4.14. The lowest BCUT2D eigenvalue weighted by Crippen LogP contribution is -2.29. The SMILES string of the molecule is O=C(O)c1ccc(CN2CCCC2CCC2CCCC2)cc1. The van der Waals surface area contributed by atoms with Gasteiger partial charge in [-0.15, -0.1) is 0 Å². The average Bonchev–Trinajstić information content (AvgIpc) is 3.17. The van der Waals surface area contributed by atoms with Crippen LogP contribution in [0.4, 0.5) is 0 Å². The van der Waals surface area contributed by atoms with Gasteiger partial charge >= 0.3 is 5.97 Å². The maximum Gasteiger partial charge on any atom is 0.335 e. The summed E-state index contributed by atoms with van der Waals surface area (Å²) in [5.41, 5.74) is 1.61. The molecular weight excluding hydrogens is 274 g/mol. The first-order valence-electron chi connectivity index (χ1n) is 8.78. The Morgan fingerprint density at radius 3 is 2.45 bits per heavy atom. The molecule has 1 atom stereocenters. The van der Waals surface area contributed by atoms with Crippen LogP contribution in [0.3, 0.4) is 0 Å². The quantitative estimate of drug-likeness (QED) is 0.850. The lowest BCUT2D eigenvalue weighted by Gasteiger charge is -2.25. The van der Waals surface area contributed by atoms with Crippen LogP contribution in [0.25, 0.3) is 0 Å². The van der Waals surface area contributed by atoms with Gasteiger partial charge in [0, 0.05) is 12.6 Å². The van der Waals surface area contributed by atoms with Crippen LogP contribution in [0.15, 0.2) is 24.3 Å². The smallest absolute Gasteiger partial charge is 0.335 e. The van der Waals surface area contributed by atoms with Gasteiger partial charge in [-0.05, 0) is 55.8 Å². The first-order chi connectivity index (χ1) is 10.7. The van der Waals surface area contributed by atoms with E-state index in [1.807, 2.05) is 12.1 Å². The second kappa shape index (κ2) is 7.28. The van der Waals surface area contributed by atoms with Crippen LogP contribution < -0.4 is 0 Å². The molecule has 3 rings (SSSR count). The molecule has 1 saturated carbocycles. The highest BCUT2D eigenvalue weighted by molar-refractivity contribution is 5.87. The minimum Gasteiger partial charge on any atom is -0.478 e. The van der Waals surface area contributed by atoms with Crippen molar-refractivity contribution in [2.75, 3.05) is 6.54 Å². The van der Waals surface area contributed by atoms with Crippen molar-refractivity contribution in [3.63, 3.8) is 0 Å². The van der Waals surface area contributed by atoms with E-state index in [-0.39, 0.29) is 0 Å². The van der Waals surface area contributed by atoms with Crippen molar-refractivity contribution in [1.29, 1.82) is 0 Å². The van der Waals surface area contributed by atoms with Gasteiger partial charge in [0.15, 0.2) is 0 Å². The summed E-state index contributed by atoms with van der Waals surface area (Å²) in [4.78, 5) is 13.5. The molecule has 0 aromatic heterocycles. The van der Waals surface area contributed by atoms with E-state index < -0.39 is 5.97 Å². The molecule has 1 aliphatic carbocycles. The maximum absolute atomic E-state index is 10.9. The highest BCUT2D eigenvalue weighted by Gasteiger charge is 2.26. The molecule has 2 aliphatic rings. The molecule has 1 aromatic rings. The molecule has 1 heterocycles. The molecule has 1 saturated heterocycles. The molecule has 120 valence electrons. The molecular formula is C19H27NO2. The summed E-state index contributed by atoms with van der Waals surface area (Å²) in [7, 11) is 0. The summed E-state index contributed by atoms with van der Waals surface area (Å²) in [6.07, 6.45) is 11.2. The van der Waals surface area contributed by atoms with Crippen LogP contribution in [0, 0.1) is 5.92 Å². The zero-order valence-corrected chi connectivity index (χ0v) is 13.3. The number of hydrogen-bond donors (Lipinski definition) is 1. The lowest BCUT2D eigenvalue weighted by molar-refractivity contribution is 0.0697. The minimum atomic E-state index is -0.845. The zero-order valence-electron chi connectivity index (χ0n) is 13.3. The second-order valence-corrected chi connectivity index (χ2v) is 7.00. The first-order valence-corrected chi connectivity index (χ1v) is 8.78. The Hall–Kier alpha value is -1.35. The van der Waals surface area contributed by atoms with Gasteiger partial charge in [-0.2, -0.15) is 0 Å². The normalized spacial score (nSPS) is 23.2. The van der Waals surface area contributed by atoms with E-state index >= 15 is 0 Å². The number of nitrogens with zero attached hydrogens (tertiary/aromatic N) is 1. The predicted octanol–water partition coefficient (Wildman–Crippen LogP) is 4.32. The van der Waals surface area contributed by atoms with Crippen LogP contribution in [0.2, 0.25) is 0 Å². The molecule has 0 amide bonds. The third kappa shape index (κ3) is 3.89.